The van der Waals surface area contributed by atoms with Gasteiger partial charge in [0.15, 0.2) is 0 Å². The second-order valence-electron chi connectivity index (χ2n) is 4.09. The Morgan fingerprint density at radius 3 is 2.85 bits per heavy atom. The van der Waals surface area contributed by atoms with Gasteiger partial charge in [0.05, 0.1) is 0 Å². The van der Waals surface area contributed by atoms with Crippen LogP contribution in [0.5, 0.6) is 0 Å². The predicted molar refractivity (Wildman–Crippen MR) is 55.7 cm³/mol. The van der Waals surface area contributed by atoms with Gasteiger partial charge in [-0.3, -0.25) is 11.3 Å². The smallest absolute Gasteiger partial charge is 0.0250 e. The Morgan fingerprint density at radius 1 is 1.62 bits per heavy atom. The maximum atomic E-state index is 5.54. The molecule has 0 bridgehead atoms. The van der Waals surface area contributed by atoms with Crippen molar-refractivity contribution in [1.82, 2.24) is 5.43 Å². The minimum atomic E-state index is 0.425. The lowest BCUT2D eigenvalue weighted by Gasteiger charge is -2.25. The number of hydrazine groups is 1. The van der Waals surface area contributed by atoms with E-state index in [4.69, 9.17) is 12.3 Å². The van der Waals surface area contributed by atoms with Crippen molar-refractivity contribution in [2.24, 2.45) is 17.7 Å². The molecule has 0 aromatic carbocycles. The summed E-state index contributed by atoms with van der Waals surface area (Å²) in [4.78, 5) is 0. The van der Waals surface area contributed by atoms with Crippen LogP contribution in [0.1, 0.15) is 39.0 Å². The third-order valence-electron chi connectivity index (χ3n) is 3.26. The summed E-state index contributed by atoms with van der Waals surface area (Å²) in [6.07, 6.45) is 11.1. The number of hydrogen-bond acceptors (Lipinski definition) is 2. The molecule has 74 valence electrons. The number of hydrogen-bond donors (Lipinski definition) is 2. The largest absolute Gasteiger partial charge is 0.271 e. The number of terminal acetylenes is 1. The fourth-order valence-corrected chi connectivity index (χ4v) is 2.43. The zero-order chi connectivity index (χ0) is 9.68. The van der Waals surface area contributed by atoms with Crippen molar-refractivity contribution in [2.45, 2.75) is 45.1 Å². The average Bonchev–Trinajstić information content (AvgIpc) is 2.54. The van der Waals surface area contributed by atoms with Gasteiger partial charge in [-0.1, -0.05) is 19.8 Å². The van der Waals surface area contributed by atoms with Gasteiger partial charge in [0.25, 0.3) is 0 Å². The van der Waals surface area contributed by atoms with E-state index in [1.165, 1.54) is 19.3 Å². The fraction of sp³-hybridized carbons (Fsp3) is 0.818. The van der Waals surface area contributed by atoms with Crippen LogP contribution in [-0.4, -0.2) is 6.04 Å². The summed E-state index contributed by atoms with van der Waals surface area (Å²) >= 11 is 0. The standard InChI is InChI=1S/C11H20N2/c1-3-4-8-11(13-12)10-7-5-6-9(10)2/h1,9-11,13H,4-8,12H2,2H3. The van der Waals surface area contributed by atoms with E-state index in [2.05, 4.69) is 18.3 Å². The highest BCUT2D eigenvalue weighted by Gasteiger charge is 2.29. The highest BCUT2D eigenvalue weighted by Crippen LogP contribution is 2.34. The summed E-state index contributed by atoms with van der Waals surface area (Å²) in [6.45, 7) is 2.32. The van der Waals surface area contributed by atoms with Crippen molar-refractivity contribution in [3.63, 3.8) is 0 Å². The molecule has 0 spiro atoms. The molecule has 1 fully saturated rings. The van der Waals surface area contributed by atoms with Crippen molar-refractivity contribution in [2.75, 3.05) is 0 Å². The van der Waals surface area contributed by atoms with Crippen LogP contribution in [0.25, 0.3) is 0 Å². The maximum Gasteiger partial charge on any atom is 0.0250 e. The summed E-state index contributed by atoms with van der Waals surface area (Å²) in [5.74, 6) is 9.75. The lowest BCUT2D eigenvalue weighted by atomic mass is 9.88. The van der Waals surface area contributed by atoms with Crippen LogP contribution >= 0.6 is 0 Å². The second-order valence-corrected chi connectivity index (χ2v) is 4.09. The van der Waals surface area contributed by atoms with E-state index in [0.717, 1.165) is 24.7 Å². The summed E-state index contributed by atoms with van der Waals surface area (Å²) in [7, 11) is 0. The Balaban J connectivity index is 2.41. The monoisotopic (exact) mass is 180 g/mol. The first-order valence-electron chi connectivity index (χ1n) is 5.19. The minimum absolute atomic E-state index is 0.425. The lowest BCUT2D eigenvalue weighted by molar-refractivity contribution is 0.288. The van der Waals surface area contributed by atoms with Gasteiger partial charge in [-0.05, 0) is 24.7 Å². The molecule has 1 aliphatic carbocycles. The quantitative estimate of drug-likeness (QED) is 0.392. The van der Waals surface area contributed by atoms with Gasteiger partial charge in [0, 0.05) is 12.5 Å². The molecule has 0 aromatic heterocycles. The molecule has 0 saturated heterocycles. The SMILES string of the molecule is C#CCCC(NN)C1CCCC1C. The highest BCUT2D eigenvalue weighted by molar-refractivity contribution is 4.89. The van der Waals surface area contributed by atoms with E-state index in [1.54, 1.807) is 0 Å². The van der Waals surface area contributed by atoms with E-state index in [1.807, 2.05) is 0 Å². The first-order chi connectivity index (χ1) is 6.29. The van der Waals surface area contributed by atoms with E-state index < -0.39 is 0 Å². The predicted octanol–water partition coefficient (Wildman–Crippen LogP) is 1.67. The molecule has 0 heterocycles. The van der Waals surface area contributed by atoms with Crippen LogP contribution < -0.4 is 11.3 Å². The summed E-state index contributed by atoms with van der Waals surface area (Å²) in [5.41, 5.74) is 2.91. The molecule has 0 amide bonds. The van der Waals surface area contributed by atoms with Crippen LogP contribution in [0, 0.1) is 24.2 Å². The molecule has 0 aromatic rings. The molecular weight excluding hydrogens is 160 g/mol. The molecule has 2 heteroatoms. The van der Waals surface area contributed by atoms with Crippen molar-refractivity contribution in [3.05, 3.63) is 0 Å². The van der Waals surface area contributed by atoms with Crippen LogP contribution in [0.2, 0.25) is 0 Å². The Kier molecular flexibility index (Phi) is 4.27. The van der Waals surface area contributed by atoms with Gasteiger partial charge >= 0.3 is 0 Å². The number of nitrogens with one attached hydrogen (secondary N) is 1. The number of nitrogens with two attached hydrogens (primary N) is 1. The molecule has 1 rings (SSSR count). The van der Waals surface area contributed by atoms with Crippen molar-refractivity contribution >= 4 is 0 Å². The van der Waals surface area contributed by atoms with E-state index in [-0.39, 0.29) is 0 Å². The molecule has 13 heavy (non-hydrogen) atoms. The Hall–Kier alpha value is -0.520. The summed E-state index contributed by atoms with van der Waals surface area (Å²) < 4.78 is 0. The molecule has 0 radical (unpaired) electrons. The Morgan fingerprint density at radius 2 is 2.38 bits per heavy atom. The Labute approximate surface area is 81.2 Å². The van der Waals surface area contributed by atoms with Crippen molar-refractivity contribution < 1.29 is 0 Å². The fourth-order valence-electron chi connectivity index (χ4n) is 2.43. The zero-order valence-electron chi connectivity index (χ0n) is 8.42. The molecule has 3 atom stereocenters. The first-order valence-corrected chi connectivity index (χ1v) is 5.19. The van der Waals surface area contributed by atoms with Crippen LogP contribution in [0.3, 0.4) is 0 Å². The number of rotatable bonds is 4. The molecule has 1 saturated carbocycles. The average molecular weight is 180 g/mol. The van der Waals surface area contributed by atoms with Crippen molar-refractivity contribution in [1.29, 1.82) is 0 Å². The molecular formula is C11H20N2. The molecule has 0 aliphatic heterocycles. The van der Waals surface area contributed by atoms with Crippen LogP contribution in [0.4, 0.5) is 0 Å². The third-order valence-corrected chi connectivity index (χ3v) is 3.26. The van der Waals surface area contributed by atoms with E-state index >= 15 is 0 Å². The van der Waals surface area contributed by atoms with E-state index in [0.29, 0.717) is 6.04 Å². The Bertz CT molecular complexity index is 183. The van der Waals surface area contributed by atoms with Crippen LogP contribution in [-0.2, 0) is 0 Å². The lowest BCUT2D eigenvalue weighted by Crippen LogP contribution is -2.41. The van der Waals surface area contributed by atoms with Gasteiger partial charge in [-0.2, -0.15) is 0 Å². The zero-order valence-corrected chi connectivity index (χ0v) is 8.42. The van der Waals surface area contributed by atoms with Gasteiger partial charge in [0.1, 0.15) is 0 Å². The van der Waals surface area contributed by atoms with Gasteiger partial charge in [-0.15, -0.1) is 12.3 Å². The minimum Gasteiger partial charge on any atom is -0.271 e. The topological polar surface area (TPSA) is 38.0 Å². The van der Waals surface area contributed by atoms with Crippen LogP contribution in [0.15, 0.2) is 0 Å². The summed E-state index contributed by atoms with van der Waals surface area (Å²) in [5, 5.41) is 0. The molecule has 1 aliphatic rings. The molecule has 3 N–H and O–H groups in total. The van der Waals surface area contributed by atoms with Gasteiger partial charge in [-0.25, -0.2) is 0 Å². The highest BCUT2D eigenvalue weighted by atomic mass is 15.2. The summed E-state index contributed by atoms with van der Waals surface area (Å²) in [6, 6.07) is 0.425. The second kappa shape index (κ2) is 5.26. The van der Waals surface area contributed by atoms with Gasteiger partial charge in [0.2, 0.25) is 0 Å². The molecule has 2 nitrogen and oxygen atoms in total. The van der Waals surface area contributed by atoms with Gasteiger partial charge < -0.3 is 0 Å². The maximum absolute atomic E-state index is 5.54. The van der Waals surface area contributed by atoms with Crippen molar-refractivity contribution in [3.8, 4) is 12.3 Å². The first kappa shape index (κ1) is 10.6. The molecule has 3 unspecified atom stereocenters. The third kappa shape index (κ3) is 2.72. The van der Waals surface area contributed by atoms with E-state index in [9.17, 15) is 0 Å². The normalized spacial score (nSPS) is 29.9.